The molecule has 0 aliphatic heterocycles. The second kappa shape index (κ2) is 7.53. The Balaban J connectivity index is 2.09. The maximum atomic E-state index is 5.06. The van der Waals surface area contributed by atoms with Gasteiger partial charge in [-0.05, 0) is 6.92 Å². The third-order valence-corrected chi connectivity index (χ3v) is 3.98. The van der Waals surface area contributed by atoms with Crippen LogP contribution in [-0.2, 0) is 24.9 Å². The molecule has 2 rings (SSSR count). The molecule has 21 heavy (non-hydrogen) atoms. The van der Waals surface area contributed by atoms with Crippen molar-refractivity contribution in [3.63, 3.8) is 0 Å². The van der Waals surface area contributed by atoms with Crippen LogP contribution < -0.4 is 10.2 Å². The maximum Gasteiger partial charge on any atom is 0.131 e. The van der Waals surface area contributed by atoms with Crippen molar-refractivity contribution in [2.24, 2.45) is 7.05 Å². The Morgan fingerprint density at radius 1 is 1.48 bits per heavy atom. The fraction of sp³-hybridized carbons (Fsp3) is 0.571. The summed E-state index contributed by atoms with van der Waals surface area (Å²) in [5.41, 5.74) is 5.23. The van der Waals surface area contributed by atoms with E-state index >= 15 is 0 Å². The molecule has 116 valence electrons. The number of anilines is 1. The van der Waals surface area contributed by atoms with Gasteiger partial charge < -0.3 is 15.0 Å². The normalized spacial score (nSPS) is 11.0. The Bertz CT molecular complexity index is 552. The lowest BCUT2D eigenvalue weighted by atomic mass is 10.2. The van der Waals surface area contributed by atoms with Gasteiger partial charge >= 0.3 is 0 Å². The highest BCUT2D eigenvalue weighted by Gasteiger charge is 2.17. The van der Waals surface area contributed by atoms with E-state index in [0.29, 0.717) is 6.61 Å². The molecule has 7 heteroatoms. The summed E-state index contributed by atoms with van der Waals surface area (Å²) in [6.07, 6.45) is 0. The predicted octanol–water partition coefficient (Wildman–Crippen LogP) is 1.56. The Kier molecular flexibility index (Phi) is 5.72. The molecule has 0 aliphatic rings. The molecular weight excluding hydrogens is 286 g/mol. The van der Waals surface area contributed by atoms with Crippen LogP contribution in [-0.4, -0.2) is 42.1 Å². The van der Waals surface area contributed by atoms with Crippen LogP contribution in [0.2, 0.25) is 0 Å². The molecule has 0 spiro atoms. The Hall–Kier alpha value is -1.44. The van der Waals surface area contributed by atoms with Crippen molar-refractivity contribution in [1.82, 2.24) is 20.1 Å². The van der Waals surface area contributed by atoms with E-state index in [-0.39, 0.29) is 0 Å². The third kappa shape index (κ3) is 4.03. The molecule has 0 amide bonds. The predicted molar refractivity (Wildman–Crippen MR) is 85.7 cm³/mol. The van der Waals surface area contributed by atoms with Crippen molar-refractivity contribution >= 4 is 17.2 Å². The van der Waals surface area contributed by atoms with Gasteiger partial charge in [-0.15, -0.1) is 11.3 Å². The number of aryl methyl sites for hydroxylation is 2. The first-order chi connectivity index (χ1) is 10.1. The van der Waals surface area contributed by atoms with E-state index < -0.39 is 0 Å². The zero-order valence-corrected chi connectivity index (χ0v) is 13.9. The third-order valence-electron chi connectivity index (χ3n) is 3.34. The van der Waals surface area contributed by atoms with Gasteiger partial charge in [0, 0.05) is 45.2 Å². The van der Waals surface area contributed by atoms with Gasteiger partial charge in [0.1, 0.15) is 5.82 Å². The van der Waals surface area contributed by atoms with Crippen LogP contribution in [0.5, 0.6) is 0 Å². The smallest absolute Gasteiger partial charge is 0.131 e. The zero-order valence-electron chi connectivity index (χ0n) is 13.1. The topological polar surface area (TPSA) is 55.2 Å². The molecule has 0 atom stereocenters. The van der Waals surface area contributed by atoms with Crippen LogP contribution >= 0.6 is 11.3 Å². The Morgan fingerprint density at radius 3 is 2.95 bits per heavy atom. The van der Waals surface area contributed by atoms with Crippen molar-refractivity contribution in [2.75, 3.05) is 32.2 Å². The van der Waals surface area contributed by atoms with Crippen LogP contribution in [0.15, 0.2) is 10.9 Å². The van der Waals surface area contributed by atoms with Crippen LogP contribution in [0.25, 0.3) is 0 Å². The lowest BCUT2D eigenvalue weighted by Crippen LogP contribution is -2.24. The van der Waals surface area contributed by atoms with Gasteiger partial charge in [0.05, 0.1) is 30.1 Å². The lowest BCUT2D eigenvalue weighted by Gasteiger charge is -2.20. The van der Waals surface area contributed by atoms with Crippen LogP contribution in [0.4, 0.5) is 5.82 Å². The Morgan fingerprint density at radius 2 is 2.29 bits per heavy atom. The van der Waals surface area contributed by atoms with Crippen LogP contribution in [0.1, 0.15) is 17.0 Å². The van der Waals surface area contributed by atoms with Crippen molar-refractivity contribution < 1.29 is 4.74 Å². The van der Waals surface area contributed by atoms with E-state index in [1.807, 2.05) is 24.2 Å². The van der Waals surface area contributed by atoms with Gasteiger partial charge in [-0.1, -0.05) is 0 Å². The van der Waals surface area contributed by atoms with E-state index in [1.54, 1.807) is 18.4 Å². The monoisotopic (exact) mass is 309 g/mol. The molecule has 0 radical (unpaired) electrons. The summed E-state index contributed by atoms with van der Waals surface area (Å²) in [7, 11) is 5.77. The molecule has 2 heterocycles. The van der Waals surface area contributed by atoms with Gasteiger partial charge in [-0.3, -0.25) is 4.68 Å². The maximum absolute atomic E-state index is 5.06. The fourth-order valence-corrected chi connectivity index (χ4v) is 2.94. The van der Waals surface area contributed by atoms with Crippen LogP contribution in [0.3, 0.4) is 0 Å². The van der Waals surface area contributed by atoms with Crippen molar-refractivity contribution in [3.8, 4) is 0 Å². The van der Waals surface area contributed by atoms with Crippen molar-refractivity contribution in [2.45, 2.75) is 20.0 Å². The number of aromatic nitrogens is 3. The number of nitrogens with zero attached hydrogens (tertiary/aromatic N) is 4. The SMILES string of the molecule is COCCNCc1c(C)nn(C)c1N(C)Cc1cscn1. The van der Waals surface area contributed by atoms with Crippen molar-refractivity contribution in [3.05, 3.63) is 27.8 Å². The highest BCUT2D eigenvalue weighted by Crippen LogP contribution is 2.23. The first kappa shape index (κ1) is 15.9. The summed E-state index contributed by atoms with van der Waals surface area (Å²) in [4.78, 5) is 6.55. The van der Waals surface area contributed by atoms with E-state index in [9.17, 15) is 0 Å². The van der Waals surface area contributed by atoms with Crippen molar-refractivity contribution in [1.29, 1.82) is 0 Å². The second-order valence-corrected chi connectivity index (χ2v) is 5.74. The number of hydrogen-bond donors (Lipinski definition) is 1. The molecule has 1 N–H and O–H groups in total. The standard InChI is InChI=1S/C14H23N5OS/c1-11-13(7-15-5-6-20-4)14(19(3)17-11)18(2)8-12-9-21-10-16-12/h9-10,15H,5-8H2,1-4H3. The number of hydrogen-bond acceptors (Lipinski definition) is 6. The number of ether oxygens (including phenoxy) is 1. The van der Waals surface area contributed by atoms with E-state index in [2.05, 4.69) is 32.7 Å². The number of nitrogens with one attached hydrogen (secondary N) is 1. The first-order valence-corrected chi connectivity index (χ1v) is 7.88. The Labute approximate surface area is 129 Å². The summed E-state index contributed by atoms with van der Waals surface area (Å²) in [5, 5.41) is 10.0. The molecule has 0 aromatic carbocycles. The number of rotatable bonds is 8. The molecule has 0 bridgehead atoms. The molecular formula is C14H23N5OS. The first-order valence-electron chi connectivity index (χ1n) is 6.93. The summed E-state index contributed by atoms with van der Waals surface area (Å²) >= 11 is 1.62. The lowest BCUT2D eigenvalue weighted by molar-refractivity contribution is 0.199. The van der Waals surface area contributed by atoms with Gasteiger partial charge in [0.25, 0.3) is 0 Å². The molecule has 0 saturated carbocycles. The number of thiazole rings is 1. The number of methoxy groups -OCH3 is 1. The fourth-order valence-electron chi connectivity index (χ4n) is 2.40. The minimum Gasteiger partial charge on any atom is -0.383 e. The molecule has 0 fully saturated rings. The summed E-state index contributed by atoms with van der Waals surface area (Å²) in [6.45, 7) is 5.17. The van der Waals surface area contributed by atoms with Gasteiger partial charge in [0.15, 0.2) is 0 Å². The summed E-state index contributed by atoms with van der Waals surface area (Å²) in [5.74, 6) is 1.13. The molecule has 0 saturated heterocycles. The minimum atomic E-state index is 0.712. The van der Waals surface area contributed by atoms with E-state index in [0.717, 1.165) is 36.8 Å². The van der Waals surface area contributed by atoms with Gasteiger partial charge in [-0.25, -0.2) is 4.98 Å². The average molecular weight is 309 g/mol. The average Bonchev–Trinajstić information content (AvgIpc) is 3.03. The molecule has 0 unspecified atom stereocenters. The van der Waals surface area contributed by atoms with Gasteiger partial charge in [-0.2, -0.15) is 5.10 Å². The molecule has 2 aromatic rings. The summed E-state index contributed by atoms with van der Waals surface area (Å²) < 4.78 is 7.00. The molecule has 0 aliphatic carbocycles. The molecule has 6 nitrogen and oxygen atoms in total. The molecule has 2 aromatic heterocycles. The highest BCUT2D eigenvalue weighted by atomic mass is 32.1. The largest absolute Gasteiger partial charge is 0.383 e. The second-order valence-electron chi connectivity index (χ2n) is 5.02. The quantitative estimate of drug-likeness (QED) is 0.750. The van der Waals surface area contributed by atoms with E-state index in [4.69, 9.17) is 4.74 Å². The summed E-state index contributed by atoms with van der Waals surface area (Å²) in [6, 6.07) is 0. The minimum absolute atomic E-state index is 0.712. The van der Waals surface area contributed by atoms with Crippen LogP contribution in [0, 0.1) is 6.92 Å². The zero-order chi connectivity index (χ0) is 15.2. The highest BCUT2D eigenvalue weighted by molar-refractivity contribution is 7.07. The van der Waals surface area contributed by atoms with E-state index in [1.165, 1.54) is 5.56 Å². The van der Waals surface area contributed by atoms with Gasteiger partial charge in [0.2, 0.25) is 0 Å².